The van der Waals surface area contributed by atoms with Crippen LogP contribution in [0.15, 0.2) is 32.8 Å². The van der Waals surface area contributed by atoms with Gasteiger partial charge in [-0.05, 0) is 18.6 Å². The Morgan fingerprint density at radius 1 is 1.22 bits per heavy atom. The molecule has 1 aromatic carbocycles. The zero-order chi connectivity index (χ0) is 26.8. The number of rotatable bonds is 7. The molecule has 1 amide bonds. The molecular weight excluding hydrogens is 532 g/mol. The number of hydrogen-bond acceptors (Lipinski definition) is 7. The molecular formula is C21H19ClF4N4O5S. The third-order valence-electron chi connectivity index (χ3n) is 4.99. The van der Waals surface area contributed by atoms with Crippen molar-refractivity contribution >= 4 is 46.1 Å². The maximum absolute atomic E-state index is 14.7. The van der Waals surface area contributed by atoms with E-state index in [0.29, 0.717) is 6.42 Å². The van der Waals surface area contributed by atoms with E-state index < -0.39 is 53.0 Å². The number of carbonyl (C=O) groups excluding carboxylic acids is 2. The van der Waals surface area contributed by atoms with Gasteiger partial charge >= 0.3 is 17.8 Å². The number of aromatic nitrogens is 2. The van der Waals surface area contributed by atoms with Crippen LogP contribution in [0.2, 0.25) is 5.02 Å². The molecule has 36 heavy (non-hydrogen) atoms. The molecule has 3 rings (SSSR count). The summed E-state index contributed by atoms with van der Waals surface area (Å²) in [5.41, 5.74) is -5.27. The summed E-state index contributed by atoms with van der Waals surface area (Å²) in [4.78, 5) is 54.5. The van der Waals surface area contributed by atoms with Crippen molar-refractivity contribution in [2.75, 3.05) is 18.9 Å². The quantitative estimate of drug-likeness (QED) is 0.298. The van der Waals surface area contributed by atoms with Crippen LogP contribution in [0.25, 0.3) is 5.69 Å². The zero-order valence-corrected chi connectivity index (χ0v) is 20.5. The van der Waals surface area contributed by atoms with E-state index in [9.17, 15) is 36.7 Å². The van der Waals surface area contributed by atoms with Gasteiger partial charge in [-0.1, -0.05) is 36.7 Å². The first-order chi connectivity index (χ1) is 16.8. The van der Waals surface area contributed by atoms with Crippen LogP contribution in [0.1, 0.15) is 25.5 Å². The zero-order valence-electron chi connectivity index (χ0n) is 18.9. The molecule has 194 valence electrons. The lowest BCUT2D eigenvalue weighted by Crippen LogP contribution is -2.41. The summed E-state index contributed by atoms with van der Waals surface area (Å²) in [5, 5.41) is -0.245. The van der Waals surface area contributed by atoms with Crippen LogP contribution in [0.4, 0.5) is 23.2 Å². The van der Waals surface area contributed by atoms with Gasteiger partial charge in [0.25, 0.3) is 5.56 Å². The van der Waals surface area contributed by atoms with Crippen molar-refractivity contribution in [1.29, 1.82) is 0 Å². The highest BCUT2D eigenvalue weighted by Gasteiger charge is 2.35. The Hall–Kier alpha value is -3.13. The number of esters is 1. The van der Waals surface area contributed by atoms with Crippen molar-refractivity contribution in [2.45, 2.75) is 25.9 Å². The number of thioether (sulfide) groups is 1. The number of carbonyl (C=O) groups is 2. The summed E-state index contributed by atoms with van der Waals surface area (Å²) in [6.45, 7) is 1.66. The van der Waals surface area contributed by atoms with Crippen molar-refractivity contribution in [3.63, 3.8) is 0 Å². The smallest absolute Gasteiger partial charge is 0.431 e. The maximum Gasteiger partial charge on any atom is 0.431 e. The third-order valence-corrected chi connectivity index (χ3v) is 6.25. The summed E-state index contributed by atoms with van der Waals surface area (Å²) in [5.74, 6) is -2.34. The first kappa shape index (κ1) is 27.5. The van der Waals surface area contributed by atoms with E-state index in [-0.39, 0.29) is 43.4 Å². The van der Waals surface area contributed by atoms with E-state index in [4.69, 9.17) is 16.3 Å². The molecule has 1 aliphatic rings. The molecule has 2 heterocycles. The monoisotopic (exact) mass is 550 g/mol. The fourth-order valence-electron chi connectivity index (χ4n) is 3.15. The van der Waals surface area contributed by atoms with E-state index in [1.807, 2.05) is 6.92 Å². The predicted octanol–water partition coefficient (Wildman–Crippen LogP) is 3.25. The van der Waals surface area contributed by atoms with Crippen LogP contribution < -0.4 is 11.2 Å². The Labute approximate surface area is 210 Å². The second-order valence-electron chi connectivity index (χ2n) is 7.53. The molecule has 0 atom stereocenters. The van der Waals surface area contributed by atoms with Crippen LogP contribution >= 0.6 is 23.4 Å². The summed E-state index contributed by atoms with van der Waals surface area (Å²) >= 11 is 7.03. The standard InChI is InChI=1S/C21H19ClF4N4O5S/c1-3-4-5-35-18(33)9-29-17(32)10-36-19(29)27-13-7-14(12(23)6-11(13)22)30-16(31)8-15(21(24,25)26)28(2)20(30)34/h6-8H,3-5,9-10H2,1-2H3. The van der Waals surface area contributed by atoms with Crippen molar-refractivity contribution in [2.24, 2.45) is 12.0 Å². The first-order valence-corrected chi connectivity index (χ1v) is 11.8. The number of hydrogen-bond donors (Lipinski definition) is 0. The highest BCUT2D eigenvalue weighted by molar-refractivity contribution is 8.15. The first-order valence-electron chi connectivity index (χ1n) is 10.4. The highest BCUT2D eigenvalue weighted by atomic mass is 35.5. The molecule has 0 aliphatic carbocycles. The van der Waals surface area contributed by atoms with Gasteiger partial charge in [0.15, 0.2) is 5.17 Å². The lowest BCUT2D eigenvalue weighted by atomic mass is 10.2. The minimum absolute atomic E-state index is 0.0274. The average Bonchev–Trinajstić information content (AvgIpc) is 3.12. The maximum atomic E-state index is 14.7. The van der Waals surface area contributed by atoms with Gasteiger partial charge in [0.05, 0.1) is 28.8 Å². The molecule has 0 unspecified atom stereocenters. The summed E-state index contributed by atoms with van der Waals surface area (Å²) in [6, 6.07) is 1.78. The predicted molar refractivity (Wildman–Crippen MR) is 124 cm³/mol. The molecule has 9 nitrogen and oxygen atoms in total. The number of amides is 1. The number of halogens is 5. The molecule has 1 saturated heterocycles. The normalized spacial score (nSPS) is 15.1. The average molecular weight is 551 g/mol. The van der Waals surface area contributed by atoms with Crippen molar-refractivity contribution < 1.29 is 31.9 Å². The van der Waals surface area contributed by atoms with Crippen molar-refractivity contribution in [1.82, 2.24) is 14.0 Å². The Kier molecular flexibility index (Phi) is 8.29. The number of ether oxygens (including phenoxy) is 1. The number of amidine groups is 1. The van der Waals surface area contributed by atoms with E-state index >= 15 is 0 Å². The minimum atomic E-state index is -4.99. The van der Waals surface area contributed by atoms with E-state index in [1.165, 1.54) is 0 Å². The van der Waals surface area contributed by atoms with E-state index in [2.05, 4.69) is 4.99 Å². The summed E-state index contributed by atoms with van der Waals surface area (Å²) in [7, 11) is 0.786. The second-order valence-corrected chi connectivity index (χ2v) is 8.88. The fraction of sp³-hybridized carbons (Fsp3) is 0.381. The Bertz CT molecular complexity index is 1360. The van der Waals surface area contributed by atoms with Gasteiger partial charge in [-0.3, -0.25) is 23.9 Å². The number of alkyl halides is 3. The van der Waals surface area contributed by atoms with Gasteiger partial charge in [0.2, 0.25) is 5.91 Å². The largest absolute Gasteiger partial charge is 0.464 e. The van der Waals surface area contributed by atoms with Crippen LogP contribution in [-0.2, 0) is 27.5 Å². The molecule has 15 heteroatoms. The van der Waals surface area contributed by atoms with Crippen molar-refractivity contribution in [3.8, 4) is 5.69 Å². The SMILES string of the molecule is CCCCOC(=O)CN1C(=O)CSC1=Nc1cc(-n2c(=O)cc(C(F)(F)F)n(C)c2=O)c(F)cc1Cl. The third kappa shape index (κ3) is 5.81. The molecule has 0 N–H and O–H groups in total. The molecule has 0 bridgehead atoms. The Balaban J connectivity index is 2.04. The topological polar surface area (TPSA) is 103 Å². The number of aliphatic imine (C=N–C) groups is 1. The lowest BCUT2D eigenvalue weighted by molar-refractivity contribution is -0.146. The molecule has 1 aliphatic heterocycles. The number of nitrogens with zero attached hydrogens (tertiary/aromatic N) is 4. The fourth-order valence-corrected chi connectivity index (χ4v) is 4.23. The summed E-state index contributed by atoms with van der Waals surface area (Å²) in [6.07, 6.45) is -3.55. The van der Waals surface area contributed by atoms with Gasteiger partial charge in [-0.2, -0.15) is 13.2 Å². The number of benzene rings is 1. The van der Waals surface area contributed by atoms with Gasteiger partial charge in [-0.15, -0.1) is 0 Å². The molecule has 0 saturated carbocycles. The molecule has 2 aromatic rings. The van der Waals surface area contributed by atoms with E-state index in [0.717, 1.165) is 42.3 Å². The molecule has 0 radical (unpaired) electrons. The molecule has 1 aromatic heterocycles. The van der Waals surface area contributed by atoms with Gasteiger partial charge in [0, 0.05) is 13.1 Å². The Morgan fingerprint density at radius 3 is 2.56 bits per heavy atom. The second kappa shape index (κ2) is 10.9. The van der Waals surface area contributed by atoms with Gasteiger partial charge in [-0.25, -0.2) is 18.7 Å². The van der Waals surface area contributed by atoms with Crippen LogP contribution in [0.5, 0.6) is 0 Å². The summed E-state index contributed by atoms with van der Waals surface area (Å²) < 4.78 is 59.5. The molecule has 1 fully saturated rings. The lowest BCUT2D eigenvalue weighted by Gasteiger charge is -2.16. The van der Waals surface area contributed by atoms with Crippen LogP contribution in [0.3, 0.4) is 0 Å². The van der Waals surface area contributed by atoms with Crippen molar-refractivity contribution in [3.05, 3.63) is 55.6 Å². The Morgan fingerprint density at radius 2 is 1.92 bits per heavy atom. The highest BCUT2D eigenvalue weighted by Crippen LogP contribution is 2.32. The van der Waals surface area contributed by atoms with Crippen LogP contribution in [0, 0.1) is 5.82 Å². The minimum Gasteiger partial charge on any atom is -0.464 e. The number of unbranched alkanes of at least 4 members (excludes halogenated alkanes) is 1. The van der Waals surface area contributed by atoms with Gasteiger partial charge in [0.1, 0.15) is 18.1 Å². The van der Waals surface area contributed by atoms with Gasteiger partial charge < -0.3 is 4.74 Å². The van der Waals surface area contributed by atoms with Crippen LogP contribution in [-0.4, -0.2) is 50.0 Å². The molecule has 0 spiro atoms. The van der Waals surface area contributed by atoms with E-state index in [1.54, 1.807) is 0 Å².